The van der Waals surface area contributed by atoms with Crippen LogP contribution in [-0.4, -0.2) is 24.8 Å². The predicted molar refractivity (Wildman–Crippen MR) is 78.1 cm³/mol. The van der Waals surface area contributed by atoms with Gasteiger partial charge in [0.1, 0.15) is 11.5 Å². The van der Waals surface area contributed by atoms with Crippen molar-refractivity contribution in [2.75, 3.05) is 13.7 Å². The Labute approximate surface area is 120 Å². The molecule has 0 atom stereocenters. The van der Waals surface area contributed by atoms with Crippen LogP contribution in [0.2, 0.25) is 0 Å². The van der Waals surface area contributed by atoms with Crippen molar-refractivity contribution in [1.82, 2.24) is 0 Å². The van der Waals surface area contributed by atoms with E-state index in [1.807, 2.05) is 33.8 Å². The van der Waals surface area contributed by atoms with E-state index in [4.69, 9.17) is 9.47 Å². The average molecular weight is 280 g/mol. The van der Waals surface area contributed by atoms with Crippen LogP contribution in [-0.2, 0) is 9.53 Å². The average Bonchev–Trinajstić information content (AvgIpc) is 2.39. The SMILES string of the molecule is COC(=O)C(C)(C)CCCOc1cc(C)c(O)cc1C. The van der Waals surface area contributed by atoms with Crippen LogP contribution in [0.1, 0.15) is 37.8 Å². The highest BCUT2D eigenvalue weighted by Crippen LogP contribution is 2.28. The molecule has 0 aliphatic heterocycles. The molecule has 0 saturated heterocycles. The number of phenolic OH excluding ortho intramolecular Hbond substituents is 1. The van der Waals surface area contributed by atoms with Gasteiger partial charge < -0.3 is 14.6 Å². The van der Waals surface area contributed by atoms with E-state index in [2.05, 4.69) is 0 Å². The molecule has 0 spiro atoms. The largest absolute Gasteiger partial charge is 0.508 e. The van der Waals surface area contributed by atoms with E-state index in [1.165, 1.54) is 7.11 Å². The molecule has 0 amide bonds. The molecule has 0 aromatic heterocycles. The van der Waals surface area contributed by atoms with Gasteiger partial charge in [-0.3, -0.25) is 4.79 Å². The summed E-state index contributed by atoms with van der Waals surface area (Å²) in [5.74, 6) is 0.854. The monoisotopic (exact) mass is 280 g/mol. The molecule has 4 nitrogen and oxygen atoms in total. The Bertz CT molecular complexity index is 478. The van der Waals surface area contributed by atoms with Crippen LogP contribution in [0.3, 0.4) is 0 Å². The van der Waals surface area contributed by atoms with Gasteiger partial charge in [0.2, 0.25) is 0 Å². The highest BCUT2D eigenvalue weighted by molar-refractivity contribution is 5.75. The third-order valence-electron chi connectivity index (χ3n) is 3.44. The van der Waals surface area contributed by atoms with Gasteiger partial charge in [-0.05, 0) is 63.8 Å². The maximum absolute atomic E-state index is 11.5. The molecule has 0 saturated carbocycles. The summed E-state index contributed by atoms with van der Waals surface area (Å²) in [5.41, 5.74) is 1.21. The first-order chi connectivity index (χ1) is 9.27. The quantitative estimate of drug-likeness (QED) is 0.641. The Morgan fingerprint density at radius 3 is 2.50 bits per heavy atom. The fourth-order valence-electron chi connectivity index (χ4n) is 2.00. The number of methoxy groups -OCH3 is 1. The van der Waals surface area contributed by atoms with Crippen molar-refractivity contribution in [1.29, 1.82) is 0 Å². The van der Waals surface area contributed by atoms with Crippen molar-refractivity contribution in [3.8, 4) is 11.5 Å². The van der Waals surface area contributed by atoms with Gasteiger partial charge in [0.15, 0.2) is 0 Å². The first kappa shape index (κ1) is 16.3. The Balaban J connectivity index is 2.50. The van der Waals surface area contributed by atoms with Gasteiger partial charge in [0.25, 0.3) is 0 Å². The van der Waals surface area contributed by atoms with Crippen molar-refractivity contribution in [3.63, 3.8) is 0 Å². The maximum Gasteiger partial charge on any atom is 0.311 e. The summed E-state index contributed by atoms with van der Waals surface area (Å²) >= 11 is 0. The molecule has 20 heavy (non-hydrogen) atoms. The topological polar surface area (TPSA) is 55.8 Å². The first-order valence-corrected chi connectivity index (χ1v) is 6.79. The van der Waals surface area contributed by atoms with Gasteiger partial charge in [-0.1, -0.05) is 0 Å². The molecule has 112 valence electrons. The third kappa shape index (κ3) is 4.15. The molecule has 0 unspecified atom stereocenters. The summed E-state index contributed by atoms with van der Waals surface area (Å²) in [7, 11) is 1.41. The number of phenols is 1. The Morgan fingerprint density at radius 1 is 1.25 bits per heavy atom. The van der Waals surface area contributed by atoms with Crippen LogP contribution in [0.25, 0.3) is 0 Å². The molecule has 0 radical (unpaired) electrons. The van der Waals surface area contributed by atoms with E-state index >= 15 is 0 Å². The highest BCUT2D eigenvalue weighted by atomic mass is 16.5. The highest BCUT2D eigenvalue weighted by Gasteiger charge is 2.27. The fraction of sp³-hybridized carbons (Fsp3) is 0.562. The molecule has 0 fully saturated rings. The van der Waals surface area contributed by atoms with Crippen LogP contribution < -0.4 is 4.74 Å². The number of esters is 1. The van der Waals surface area contributed by atoms with E-state index in [0.29, 0.717) is 13.0 Å². The number of hydrogen-bond acceptors (Lipinski definition) is 4. The molecule has 0 aliphatic carbocycles. The van der Waals surface area contributed by atoms with Gasteiger partial charge in [0.05, 0.1) is 19.1 Å². The molecule has 1 rings (SSSR count). The summed E-state index contributed by atoms with van der Waals surface area (Å²) in [6.45, 7) is 8.00. The number of carbonyl (C=O) groups is 1. The number of aromatic hydroxyl groups is 1. The molecule has 4 heteroatoms. The summed E-state index contributed by atoms with van der Waals surface area (Å²) < 4.78 is 10.5. The zero-order chi connectivity index (χ0) is 15.3. The summed E-state index contributed by atoms with van der Waals surface area (Å²) in [5, 5.41) is 9.58. The molecular formula is C16H24O4. The van der Waals surface area contributed by atoms with E-state index < -0.39 is 5.41 Å². The standard InChI is InChI=1S/C16H24O4/c1-11-10-14(12(2)9-13(11)17)20-8-6-7-16(3,4)15(18)19-5/h9-10,17H,6-8H2,1-5H3. The lowest BCUT2D eigenvalue weighted by molar-refractivity contribution is -0.151. The summed E-state index contributed by atoms with van der Waals surface area (Å²) in [6, 6.07) is 3.53. The Morgan fingerprint density at radius 2 is 1.90 bits per heavy atom. The Hall–Kier alpha value is -1.71. The second-order valence-corrected chi connectivity index (χ2v) is 5.73. The second-order valence-electron chi connectivity index (χ2n) is 5.73. The second kappa shape index (κ2) is 6.64. The molecule has 0 heterocycles. The van der Waals surface area contributed by atoms with E-state index in [9.17, 15) is 9.90 Å². The molecule has 1 N–H and O–H groups in total. The first-order valence-electron chi connectivity index (χ1n) is 6.79. The summed E-state index contributed by atoms with van der Waals surface area (Å²) in [4.78, 5) is 11.5. The fourth-order valence-corrected chi connectivity index (χ4v) is 2.00. The number of ether oxygens (including phenoxy) is 2. The molecule has 0 bridgehead atoms. The molecule has 0 aliphatic rings. The summed E-state index contributed by atoms with van der Waals surface area (Å²) in [6.07, 6.45) is 1.47. The van der Waals surface area contributed by atoms with E-state index in [-0.39, 0.29) is 11.7 Å². The van der Waals surface area contributed by atoms with Crippen molar-refractivity contribution in [2.45, 2.75) is 40.5 Å². The Kier molecular flexibility index (Phi) is 5.43. The number of aryl methyl sites for hydroxylation is 2. The van der Waals surface area contributed by atoms with Gasteiger partial charge >= 0.3 is 5.97 Å². The zero-order valence-electron chi connectivity index (χ0n) is 12.9. The third-order valence-corrected chi connectivity index (χ3v) is 3.44. The van der Waals surface area contributed by atoms with Gasteiger partial charge in [0, 0.05) is 0 Å². The van der Waals surface area contributed by atoms with Crippen molar-refractivity contribution >= 4 is 5.97 Å². The number of hydrogen-bond donors (Lipinski definition) is 1. The lowest BCUT2D eigenvalue weighted by Gasteiger charge is -2.21. The van der Waals surface area contributed by atoms with E-state index in [1.54, 1.807) is 6.07 Å². The number of carbonyl (C=O) groups excluding carboxylic acids is 1. The van der Waals surface area contributed by atoms with Crippen molar-refractivity contribution < 1.29 is 19.4 Å². The van der Waals surface area contributed by atoms with Crippen molar-refractivity contribution in [2.24, 2.45) is 5.41 Å². The van der Waals surface area contributed by atoms with Gasteiger partial charge in [-0.2, -0.15) is 0 Å². The van der Waals surface area contributed by atoms with Crippen LogP contribution >= 0.6 is 0 Å². The molecule has 1 aromatic carbocycles. The van der Waals surface area contributed by atoms with Gasteiger partial charge in [-0.15, -0.1) is 0 Å². The van der Waals surface area contributed by atoms with Crippen LogP contribution in [0, 0.1) is 19.3 Å². The minimum Gasteiger partial charge on any atom is -0.508 e. The van der Waals surface area contributed by atoms with Crippen LogP contribution in [0.15, 0.2) is 12.1 Å². The zero-order valence-corrected chi connectivity index (χ0v) is 12.9. The number of benzene rings is 1. The van der Waals surface area contributed by atoms with Gasteiger partial charge in [-0.25, -0.2) is 0 Å². The normalized spacial score (nSPS) is 11.2. The minimum absolute atomic E-state index is 0.200. The lowest BCUT2D eigenvalue weighted by atomic mass is 9.88. The van der Waals surface area contributed by atoms with E-state index in [0.717, 1.165) is 23.3 Å². The molecular weight excluding hydrogens is 256 g/mol. The van der Waals surface area contributed by atoms with Crippen molar-refractivity contribution in [3.05, 3.63) is 23.3 Å². The number of rotatable bonds is 6. The minimum atomic E-state index is -0.488. The maximum atomic E-state index is 11.5. The predicted octanol–water partition coefficient (Wildman–Crippen LogP) is 3.37. The lowest BCUT2D eigenvalue weighted by Crippen LogP contribution is -2.26. The molecule has 1 aromatic rings. The van der Waals surface area contributed by atoms with Crippen LogP contribution in [0.5, 0.6) is 11.5 Å². The van der Waals surface area contributed by atoms with Crippen LogP contribution in [0.4, 0.5) is 0 Å². The smallest absolute Gasteiger partial charge is 0.311 e.